The van der Waals surface area contributed by atoms with Gasteiger partial charge in [-0.3, -0.25) is 0 Å². The number of hydrogen-bond acceptors (Lipinski definition) is 0. The second kappa shape index (κ2) is 4.98. The maximum Gasteiger partial charge on any atom is 0.00722 e. The van der Waals surface area contributed by atoms with Crippen molar-refractivity contribution in [1.29, 1.82) is 0 Å². The lowest BCUT2D eigenvalue weighted by Gasteiger charge is -2.20. The quantitative estimate of drug-likeness (QED) is 0.666. The monoisotopic (exact) mass is 286 g/mol. The summed E-state index contributed by atoms with van der Waals surface area (Å²) >= 11 is 0. The van der Waals surface area contributed by atoms with Crippen molar-refractivity contribution in [2.75, 3.05) is 0 Å². The second-order valence-corrected chi connectivity index (χ2v) is 6.78. The molecule has 0 nitrogen and oxygen atoms in total. The van der Waals surface area contributed by atoms with Crippen LogP contribution < -0.4 is 0 Å². The molecule has 22 heavy (non-hydrogen) atoms. The molecule has 0 heterocycles. The molecule has 0 aliphatic heterocycles. The van der Waals surface area contributed by atoms with Gasteiger partial charge in [-0.05, 0) is 60.1 Å². The highest BCUT2D eigenvalue weighted by Crippen LogP contribution is 2.46. The van der Waals surface area contributed by atoms with E-state index in [9.17, 15) is 0 Å². The van der Waals surface area contributed by atoms with Crippen molar-refractivity contribution in [3.8, 4) is 0 Å². The molecule has 0 N–H and O–H groups in total. The predicted molar refractivity (Wildman–Crippen MR) is 94.6 cm³/mol. The molecule has 0 atom stereocenters. The molecule has 2 aliphatic carbocycles. The van der Waals surface area contributed by atoms with Crippen LogP contribution in [0, 0.1) is 5.92 Å². The van der Waals surface area contributed by atoms with E-state index in [0.717, 1.165) is 12.8 Å². The minimum Gasteiger partial charge on any atom is -0.0645 e. The third-order valence-corrected chi connectivity index (χ3v) is 5.31. The molecule has 0 heteroatoms. The van der Waals surface area contributed by atoms with Crippen molar-refractivity contribution >= 4 is 11.1 Å². The van der Waals surface area contributed by atoms with Gasteiger partial charge >= 0.3 is 0 Å². The molecule has 2 aromatic rings. The molecule has 0 unspecified atom stereocenters. The lowest BCUT2D eigenvalue weighted by molar-refractivity contribution is 0.973. The molecule has 110 valence electrons. The summed E-state index contributed by atoms with van der Waals surface area (Å²) in [4.78, 5) is 0. The molecule has 2 aromatic carbocycles. The fourth-order valence-corrected chi connectivity index (χ4v) is 4.45. The Balaban J connectivity index is 1.82. The van der Waals surface area contributed by atoms with Crippen LogP contribution in [0.3, 0.4) is 0 Å². The van der Waals surface area contributed by atoms with Gasteiger partial charge in [0.1, 0.15) is 0 Å². The SMILES string of the molecule is CC1=C(C(C)C2=C(C)Cc3ccccc32)c2ccccc2C1. The summed E-state index contributed by atoms with van der Waals surface area (Å²) in [5.74, 6) is 0.479. The Kier molecular flexibility index (Phi) is 3.07. The van der Waals surface area contributed by atoms with Gasteiger partial charge in [0.15, 0.2) is 0 Å². The molecular formula is C22H22. The Morgan fingerprint density at radius 3 is 1.55 bits per heavy atom. The highest BCUT2D eigenvalue weighted by atomic mass is 14.3. The number of rotatable bonds is 2. The van der Waals surface area contributed by atoms with E-state index in [-0.39, 0.29) is 0 Å². The van der Waals surface area contributed by atoms with E-state index in [1.165, 1.54) is 22.3 Å². The lowest BCUT2D eigenvalue weighted by Crippen LogP contribution is -2.03. The third kappa shape index (κ3) is 1.90. The first kappa shape index (κ1) is 13.6. The first-order valence-electron chi connectivity index (χ1n) is 8.22. The minimum atomic E-state index is 0.479. The van der Waals surface area contributed by atoms with Gasteiger partial charge in [-0.2, -0.15) is 0 Å². The van der Waals surface area contributed by atoms with Gasteiger partial charge in [0, 0.05) is 5.92 Å². The Morgan fingerprint density at radius 2 is 1.09 bits per heavy atom. The van der Waals surface area contributed by atoms with Crippen LogP contribution in [0.1, 0.15) is 43.0 Å². The average Bonchev–Trinajstić information content (AvgIpc) is 3.01. The van der Waals surface area contributed by atoms with Crippen LogP contribution in [0.4, 0.5) is 0 Å². The second-order valence-electron chi connectivity index (χ2n) is 6.78. The minimum absolute atomic E-state index is 0.479. The number of benzene rings is 2. The number of hydrogen-bond donors (Lipinski definition) is 0. The molecule has 2 aliphatic rings. The van der Waals surface area contributed by atoms with Gasteiger partial charge in [-0.1, -0.05) is 66.6 Å². The molecule has 0 amide bonds. The molecule has 0 radical (unpaired) electrons. The predicted octanol–water partition coefficient (Wildman–Crippen LogP) is 5.68. The van der Waals surface area contributed by atoms with E-state index in [4.69, 9.17) is 0 Å². The van der Waals surface area contributed by atoms with E-state index >= 15 is 0 Å². The Labute approximate surface area is 133 Å². The van der Waals surface area contributed by atoms with Crippen LogP contribution in [0.5, 0.6) is 0 Å². The highest BCUT2D eigenvalue weighted by Gasteiger charge is 2.29. The smallest absolute Gasteiger partial charge is 0.00722 e. The maximum atomic E-state index is 2.39. The fourth-order valence-electron chi connectivity index (χ4n) is 4.45. The van der Waals surface area contributed by atoms with E-state index in [2.05, 4.69) is 69.3 Å². The average molecular weight is 286 g/mol. The van der Waals surface area contributed by atoms with Crippen LogP contribution in [-0.2, 0) is 12.8 Å². The van der Waals surface area contributed by atoms with Crippen LogP contribution in [0.25, 0.3) is 11.1 Å². The third-order valence-electron chi connectivity index (χ3n) is 5.31. The molecule has 0 fully saturated rings. The van der Waals surface area contributed by atoms with Gasteiger partial charge in [0.25, 0.3) is 0 Å². The van der Waals surface area contributed by atoms with Gasteiger partial charge in [-0.25, -0.2) is 0 Å². The zero-order valence-electron chi connectivity index (χ0n) is 13.6. The van der Waals surface area contributed by atoms with Crippen molar-refractivity contribution in [3.63, 3.8) is 0 Å². The molecule has 0 saturated carbocycles. The zero-order chi connectivity index (χ0) is 15.3. The summed E-state index contributed by atoms with van der Waals surface area (Å²) in [5, 5.41) is 0. The van der Waals surface area contributed by atoms with Gasteiger partial charge in [0.05, 0.1) is 0 Å². The molecule has 0 bridgehead atoms. The van der Waals surface area contributed by atoms with Crippen molar-refractivity contribution in [3.05, 3.63) is 81.9 Å². The van der Waals surface area contributed by atoms with Gasteiger partial charge in [-0.15, -0.1) is 0 Å². The summed E-state index contributed by atoms with van der Waals surface area (Å²) in [6, 6.07) is 17.8. The Morgan fingerprint density at radius 1 is 0.682 bits per heavy atom. The molecule has 0 aromatic heterocycles. The number of fused-ring (bicyclic) bond motifs is 2. The largest absolute Gasteiger partial charge is 0.0645 e. The maximum absolute atomic E-state index is 2.39. The summed E-state index contributed by atoms with van der Waals surface area (Å²) in [6.07, 6.45) is 2.23. The molecular weight excluding hydrogens is 264 g/mol. The first-order chi connectivity index (χ1) is 10.7. The molecule has 4 rings (SSSR count). The summed E-state index contributed by atoms with van der Waals surface area (Å²) in [5.41, 5.74) is 12.1. The van der Waals surface area contributed by atoms with E-state index in [0.29, 0.717) is 5.92 Å². The van der Waals surface area contributed by atoms with Crippen molar-refractivity contribution in [2.24, 2.45) is 5.92 Å². The van der Waals surface area contributed by atoms with Crippen LogP contribution in [0.15, 0.2) is 59.7 Å². The fraction of sp³-hybridized carbons (Fsp3) is 0.273. The van der Waals surface area contributed by atoms with Crippen LogP contribution in [-0.4, -0.2) is 0 Å². The zero-order valence-corrected chi connectivity index (χ0v) is 13.6. The lowest BCUT2D eigenvalue weighted by atomic mass is 9.84. The van der Waals surface area contributed by atoms with Crippen molar-refractivity contribution in [2.45, 2.75) is 33.6 Å². The molecule has 0 saturated heterocycles. The van der Waals surface area contributed by atoms with E-state index < -0.39 is 0 Å². The van der Waals surface area contributed by atoms with E-state index in [1.54, 1.807) is 22.3 Å². The number of allylic oxidation sites excluding steroid dienone is 4. The highest BCUT2D eigenvalue weighted by molar-refractivity contribution is 5.90. The Bertz CT molecular complexity index is 748. The summed E-state index contributed by atoms with van der Waals surface area (Å²) in [6.45, 7) is 7.01. The topological polar surface area (TPSA) is 0 Å². The van der Waals surface area contributed by atoms with Crippen molar-refractivity contribution in [1.82, 2.24) is 0 Å². The Hall–Kier alpha value is -2.08. The standard InChI is InChI=1S/C22H22/c1-14-12-17-8-4-6-10-19(17)21(14)16(3)22-15(2)13-18-9-5-7-11-20(18)22/h4-11,16H,12-13H2,1-3H3. The normalized spacial score (nSPS) is 16.5. The van der Waals surface area contributed by atoms with Gasteiger partial charge in [0.2, 0.25) is 0 Å². The van der Waals surface area contributed by atoms with E-state index in [1.807, 2.05) is 0 Å². The van der Waals surface area contributed by atoms with Crippen LogP contribution >= 0.6 is 0 Å². The van der Waals surface area contributed by atoms with Crippen LogP contribution in [0.2, 0.25) is 0 Å². The first-order valence-corrected chi connectivity index (χ1v) is 8.22. The van der Waals surface area contributed by atoms with Gasteiger partial charge < -0.3 is 0 Å². The summed E-state index contributed by atoms with van der Waals surface area (Å²) in [7, 11) is 0. The molecule has 0 spiro atoms. The summed E-state index contributed by atoms with van der Waals surface area (Å²) < 4.78 is 0. The van der Waals surface area contributed by atoms with Crippen molar-refractivity contribution < 1.29 is 0 Å².